The molecule has 2 atom stereocenters. The minimum atomic E-state index is -0.363. The van der Waals surface area contributed by atoms with E-state index in [0.717, 1.165) is 28.9 Å². The van der Waals surface area contributed by atoms with Crippen molar-refractivity contribution in [1.29, 1.82) is 0 Å². The van der Waals surface area contributed by atoms with Gasteiger partial charge in [-0.1, -0.05) is 43.6 Å². The van der Waals surface area contributed by atoms with E-state index in [9.17, 15) is 9.59 Å². The normalized spacial score (nSPS) is 17.9. The molecule has 1 aliphatic rings. The van der Waals surface area contributed by atoms with Crippen molar-refractivity contribution in [3.8, 4) is 0 Å². The SMILES string of the molecule is CC[C@H](C)c1ccccc1N1C[C@@H](C(=O)Nc2ccc(Cl)cc2C)CC1=O. The molecule has 1 fully saturated rings. The lowest BCUT2D eigenvalue weighted by Crippen LogP contribution is -2.29. The third-order valence-corrected chi connectivity index (χ3v) is 5.55. The first-order valence-corrected chi connectivity index (χ1v) is 9.74. The van der Waals surface area contributed by atoms with Crippen molar-refractivity contribution < 1.29 is 9.59 Å². The number of nitrogens with zero attached hydrogens (tertiary/aromatic N) is 1. The van der Waals surface area contributed by atoms with E-state index in [1.54, 1.807) is 17.0 Å². The third kappa shape index (κ3) is 4.16. The number of nitrogens with one attached hydrogen (secondary N) is 1. The van der Waals surface area contributed by atoms with E-state index >= 15 is 0 Å². The van der Waals surface area contributed by atoms with Crippen LogP contribution < -0.4 is 10.2 Å². The van der Waals surface area contributed by atoms with E-state index in [-0.39, 0.29) is 24.2 Å². The summed E-state index contributed by atoms with van der Waals surface area (Å²) in [6.07, 6.45) is 1.23. The number of anilines is 2. The molecule has 0 spiro atoms. The van der Waals surface area contributed by atoms with Gasteiger partial charge >= 0.3 is 0 Å². The summed E-state index contributed by atoms with van der Waals surface area (Å²) < 4.78 is 0. The Labute approximate surface area is 165 Å². The number of carbonyl (C=O) groups excluding carboxylic acids is 2. The van der Waals surface area contributed by atoms with Crippen molar-refractivity contribution in [2.75, 3.05) is 16.8 Å². The van der Waals surface area contributed by atoms with Crippen molar-refractivity contribution in [2.45, 2.75) is 39.5 Å². The van der Waals surface area contributed by atoms with Gasteiger partial charge in [0, 0.05) is 29.4 Å². The Hall–Kier alpha value is -2.33. The zero-order valence-electron chi connectivity index (χ0n) is 16.0. The van der Waals surface area contributed by atoms with Gasteiger partial charge in [0.2, 0.25) is 11.8 Å². The van der Waals surface area contributed by atoms with Crippen LogP contribution in [0, 0.1) is 12.8 Å². The maximum atomic E-state index is 12.7. The highest BCUT2D eigenvalue weighted by Crippen LogP contribution is 2.34. The summed E-state index contributed by atoms with van der Waals surface area (Å²) in [6.45, 7) is 6.60. The largest absolute Gasteiger partial charge is 0.326 e. The Bertz CT molecular complexity index is 865. The van der Waals surface area contributed by atoms with Gasteiger partial charge in [-0.05, 0) is 54.7 Å². The second kappa shape index (κ2) is 8.13. The first-order chi connectivity index (χ1) is 12.9. The molecular formula is C22H25ClN2O2. The highest BCUT2D eigenvalue weighted by molar-refractivity contribution is 6.30. The van der Waals surface area contributed by atoms with Crippen LogP contribution in [0.2, 0.25) is 5.02 Å². The van der Waals surface area contributed by atoms with E-state index < -0.39 is 0 Å². The molecule has 142 valence electrons. The van der Waals surface area contributed by atoms with E-state index in [4.69, 9.17) is 11.6 Å². The fraction of sp³-hybridized carbons (Fsp3) is 0.364. The van der Waals surface area contributed by atoms with Crippen molar-refractivity contribution in [3.05, 3.63) is 58.6 Å². The molecule has 3 rings (SSSR count). The van der Waals surface area contributed by atoms with E-state index in [1.165, 1.54) is 0 Å². The van der Waals surface area contributed by atoms with Gasteiger partial charge in [0.05, 0.1) is 5.92 Å². The molecule has 5 heteroatoms. The number of carbonyl (C=O) groups is 2. The van der Waals surface area contributed by atoms with Crippen molar-refractivity contribution in [2.24, 2.45) is 5.92 Å². The van der Waals surface area contributed by atoms with Crippen LogP contribution in [0.5, 0.6) is 0 Å². The molecule has 0 aromatic heterocycles. The number of aryl methyl sites for hydroxylation is 1. The number of amides is 2. The summed E-state index contributed by atoms with van der Waals surface area (Å²) in [5.74, 6) is -0.132. The second-order valence-electron chi connectivity index (χ2n) is 7.22. The maximum absolute atomic E-state index is 12.7. The van der Waals surface area contributed by atoms with Crippen LogP contribution in [0.25, 0.3) is 0 Å². The van der Waals surface area contributed by atoms with Gasteiger partial charge in [-0.2, -0.15) is 0 Å². The highest BCUT2D eigenvalue weighted by Gasteiger charge is 2.36. The summed E-state index contributed by atoms with van der Waals surface area (Å²) in [4.78, 5) is 27.1. The van der Waals surface area contributed by atoms with Crippen molar-refractivity contribution in [1.82, 2.24) is 0 Å². The molecule has 27 heavy (non-hydrogen) atoms. The fourth-order valence-corrected chi connectivity index (χ4v) is 3.71. The highest BCUT2D eigenvalue weighted by atomic mass is 35.5. The molecule has 0 radical (unpaired) electrons. The predicted molar refractivity (Wildman–Crippen MR) is 110 cm³/mol. The molecule has 0 unspecified atom stereocenters. The summed E-state index contributed by atoms with van der Waals surface area (Å²) in [6, 6.07) is 13.3. The van der Waals surface area contributed by atoms with Crippen LogP contribution in [0.15, 0.2) is 42.5 Å². The summed E-state index contributed by atoms with van der Waals surface area (Å²) >= 11 is 5.97. The van der Waals surface area contributed by atoms with E-state index in [0.29, 0.717) is 17.5 Å². The molecule has 4 nitrogen and oxygen atoms in total. The van der Waals surface area contributed by atoms with Gasteiger partial charge in [-0.15, -0.1) is 0 Å². The van der Waals surface area contributed by atoms with Crippen LogP contribution in [-0.2, 0) is 9.59 Å². The molecule has 2 amide bonds. The fourth-order valence-electron chi connectivity index (χ4n) is 3.49. The minimum absolute atomic E-state index is 0.00117. The Morgan fingerprint density at radius 3 is 2.74 bits per heavy atom. The van der Waals surface area contributed by atoms with Crippen LogP contribution >= 0.6 is 11.6 Å². The molecule has 0 bridgehead atoms. The lowest BCUT2D eigenvalue weighted by molar-refractivity contribution is -0.122. The lowest BCUT2D eigenvalue weighted by atomic mass is 9.96. The monoisotopic (exact) mass is 384 g/mol. The smallest absolute Gasteiger partial charge is 0.229 e. The molecule has 1 saturated heterocycles. The number of hydrogen-bond acceptors (Lipinski definition) is 2. The van der Waals surface area contributed by atoms with E-state index in [1.807, 2.05) is 31.2 Å². The van der Waals surface area contributed by atoms with Gasteiger partial charge in [-0.25, -0.2) is 0 Å². The topological polar surface area (TPSA) is 49.4 Å². The molecule has 2 aromatic carbocycles. The van der Waals surface area contributed by atoms with Gasteiger partial charge in [0.15, 0.2) is 0 Å². The number of rotatable bonds is 5. The molecule has 0 aliphatic carbocycles. The molecule has 2 aromatic rings. The number of benzene rings is 2. The Morgan fingerprint density at radius 1 is 1.30 bits per heavy atom. The lowest BCUT2D eigenvalue weighted by Gasteiger charge is -2.23. The molecule has 1 heterocycles. The van der Waals surface area contributed by atoms with Crippen LogP contribution in [0.4, 0.5) is 11.4 Å². The van der Waals surface area contributed by atoms with E-state index in [2.05, 4.69) is 25.2 Å². The first kappa shape index (κ1) is 19.4. The van der Waals surface area contributed by atoms with Crippen molar-refractivity contribution >= 4 is 34.8 Å². The average molecular weight is 385 g/mol. The van der Waals surface area contributed by atoms with Gasteiger partial charge in [0.25, 0.3) is 0 Å². The van der Waals surface area contributed by atoms with Gasteiger partial charge in [0.1, 0.15) is 0 Å². The maximum Gasteiger partial charge on any atom is 0.229 e. The number of para-hydroxylation sites is 1. The zero-order chi connectivity index (χ0) is 19.6. The molecule has 0 saturated carbocycles. The van der Waals surface area contributed by atoms with Gasteiger partial charge < -0.3 is 10.2 Å². The van der Waals surface area contributed by atoms with Crippen LogP contribution in [0.3, 0.4) is 0 Å². The first-order valence-electron chi connectivity index (χ1n) is 9.37. The Kier molecular flexibility index (Phi) is 5.85. The summed E-state index contributed by atoms with van der Waals surface area (Å²) in [5.41, 5.74) is 3.72. The molecule has 1 aliphatic heterocycles. The minimum Gasteiger partial charge on any atom is -0.326 e. The quantitative estimate of drug-likeness (QED) is 0.774. The Balaban J connectivity index is 1.77. The summed E-state index contributed by atoms with van der Waals surface area (Å²) in [7, 11) is 0. The Morgan fingerprint density at radius 2 is 2.04 bits per heavy atom. The molecular weight excluding hydrogens is 360 g/mol. The standard InChI is InChI=1S/C22H25ClN2O2/c1-4-14(2)18-7-5-6-8-20(18)25-13-16(12-21(25)26)22(27)24-19-10-9-17(23)11-15(19)3/h5-11,14,16H,4,12-13H2,1-3H3,(H,24,27)/t14-,16-/m0/s1. The third-order valence-electron chi connectivity index (χ3n) is 5.31. The second-order valence-corrected chi connectivity index (χ2v) is 7.66. The van der Waals surface area contributed by atoms with Gasteiger partial charge in [-0.3, -0.25) is 9.59 Å². The summed E-state index contributed by atoms with van der Waals surface area (Å²) in [5, 5.41) is 3.58. The molecule has 1 N–H and O–H groups in total. The van der Waals surface area contributed by atoms with Crippen LogP contribution in [0.1, 0.15) is 43.7 Å². The average Bonchev–Trinajstić information content (AvgIpc) is 3.05. The predicted octanol–water partition coefficient (Wildman–Crippen LogP) is 5.15. The van der Waals surface area contributed by atoms with Crippen molar-refractivity contribution in [3.63, 3.8) is 0 Å². The number of halogens is 1. The number of hydrogen-bond donors (Lipinski definition) is 1. The zero-order valence-corrected chi connectivity index (χ0v) is 16.7. The van der Waals surface area contributed by atoms with Crippen LogP contribution in [-0.4, -0.2) is 18.4 Å².